The number of halogens is 1. The number of hydrogen-bond donors (Lipinski definition) is 1. The summed E-state index contributed by atoms with van der Waals surface area (Å²) in [6, 6.07) is 5.18. The van der Waals surface area contributed by atoms with Crippen molar-refractivity contribution in [2.45, 2.75) is 32.2 Å². The van der Waals surface area contributed by atoms with Crippen LogP contribution in [0.3, 0.4) is 0 Å². The molecule has 1 amide bonds. The third kappa shape index (κ3) is 3.65. The maximum atomic E-state index is 12.3. The molecule has 0 saturated carbocycles. The zero-order valence-electron chi connectivity index (χ0n) is 13.8. The van der Waals surface area contributed by atoms with E-state index in [1.807, 2.05) is 6.92 Å². The number of amides is 1. The molecular formula is C17H22ClN3O3. The molecule has 24 heavy (non-hydrogen) atoms. The van der Waals surface area contributed by atoms with E-state index in [1.165, 1.54) is 0 Å². The highest BCUT2D eigenvalue weighted by atomic mass is 35.5. The van der Waals surface area contributed by atoms with Gasteiger partial charge in [-0.05, 0) is 44.0 Å². The summed E-state index contributed by atoms with van der Waals surface area (Å²) in [5.74, 6) is -0.334. The van der Waals surface area contributed by atoms with Gasteiger partial charge in [-0.1, -0.05) is 18.5 Å². The van der Waals surface area contributed by atoms with Crippen LogP contribution in [-0.2, 0) is 4.79 Å². The number of oxazole rings is 1. The van der Waals surface area contributed by atoms with Gasteiger partial charge in [-0.25, -0.2) is 4.79 Å². The number of rotatable bonds is 5. The summed E-state index contributed by atoms with van der Waals surface area (Å²) in [4.78, 5) is 26.3. The molecule has 0 spiro atoms. The molecule has 1 saturated heterocycles. The maximum absolute atomic E-state index is 12.3. The first kappa shape index (κ1) is 17.0. The Morgan fingerprint density at radius 2 is 2.29 bits per heavy atom. The molecule has 1 fully saturated rings. The third-order valence-electron chi connectivity index (χ3n) is 4.36. The van der Waals surface area contributed by atoms with Gasteiger partial charge >= 0.3 is 5.76 Å². The summed E-state index contributed by atoms with van der Waals surface area (Å²) in [6.07, 6.45) is 2.74. The number of benzene rings is 1. The predicted molar refractivity (Wildman–Crippen MR) is 93.5 cm³/mol. The fraction of sp³-hybridized carbons (Fsp3) is 0.529. The fourth-order valence-corrected chi connectivity index (χ4v) is 3.43. The van der Waals surface area contributed by atoms with Gasteiger partial charge in [0.25, 0.3) is 0 Å². The molecule has 0 aliphatic carbocycles. The maximum Gasteiger partial charge on any atom is 0.420 e. The lowest BCUT2D eigenvalue weighted by Crippen LogP contribution is -2.44. The lowest BCUT2D eigenvalue weighted by Gasteiger charge is -2.32. The van der Waals surface area contributed by atoms with Gasteiger partial charge in [0.2, 0.25) is 5.91 Å². The fourth-order valence-electron chi connectivity index (χ4n) is 3.26. The first-order valence-corrected chi connectivity index (χ1v) is 8.76. The van der Waals surface area contributed by atoms with Gasteiger partial charge in [0, 0.05) is 18.1 Å². The molecule has 2 aromatic rings. The van der Waals surface area contributed by atoms with Crippen molar-refractivity contribution in [3.63, 3.8) is 0 Å². The highest BCUT2D eigenvalue weighted by Crippen LogP contribution is 2.26. The molecule has 7 heteroatoms. The molecule has 1 aromatic carbocycles. The average molecular weight is 352 g/mol. The van der Waals surface area contributed by atoms with Crippen LogP contribution in [0.2, 0.25) is 5.02 Å². The van der Waals surface area contributed by atoms with E-state index in [0.717, 1.165) is 31.3 Å². The minimum absolute atomic E-state index is 0.00931. The summed E-state index contributed by atoms with van der Waals surface area (Å²) in [6.45, 7) is 4.60. The van der Waals surface area contributed by atoms with E-state index < -0.39 is 0 Å². The Bertz CT molecular complexity index is 783. The van der Waals surface area contributed by atoms with E-state index in [0.29, 0.717) is 30.2 Å². The van der Waals surface area contributed by atoms with Crippen molar-refractivity contribution < 1.29 is 9.21 Å². The summed E-state index contributed by atoms with van der Waals surface area (Å²) in [7, 11) is 0. The number of nitrogens with one attached hydrogen (secondary N) is 1. The first-order chi connectivity index (χ1) is 11.6. The van der Waals surface area contributed by atoms with Crippen molar-refractivity contribution in [1.82, 2.24) is 14.8 Å². The van der Waals surface area contributed by atoms with Gasteiger partial charge in [-0.3, -0.25) is 14.3 Å². The Balaban J connectivity index is 1.78. The van der Waals surface area contributed by atoms with Gasteiger partial charge in [0.15, 0.2) is 5.58 Å². The van der Waals surface area contributed by atoms with Crippen molar-refractivity contribution in [2.75, 3.05) is 26.2 Å². The number of aromatic nitrogens is 1. The molecule has 1 atom stereocenters. The van der Waals surface area contributed by atoms with Gasteiger partial charge in [0.1, 0.15) is 0 Å². The van der Waals surface area contributed by atoms with Crippen LogP contribution in [-0.4, -0.2) is 41.6 Å². The number of carbonyl (C=O) groups excluding carboxylic acids is 1. The molecule has 0 radical (unpaired) electrons. The van der Waals surface area contributed by atoms with Crippen molar-refractivity contribution in [3.8, 4) is 0 Å². The van der Waals surface area contributed by atoms with Crippen LogP contribution in [0.1, 0.15) is 32.2 Å². The number of piperidine rings is 1. The molecule has 2 heterocycles. The SMILES string of the molecule is CCCNC(=O)CN1CCC[C@H](n2c(=O)oc3ccc(Cl)cc32)C1. The smallest absolute Gasteiger partial charge is 0.408 e. The van der Waals surface area contributed by atoms with Gasteiger partial charge < -0.3 is 9.73 Å². The van der Waals surface area contributed by atoms with E-state index >= 15 is 0 Å². The second kappa shape index (κ2) is 7.40. The molecular weight excluding hydrogens is 330 g/mol. The molecule has 1 aliphatic rings. The Morgan fingerprint density at radius 1 is 1.46 bits per heavy atom. The van der Waals surface area contributed by atoms with Crippen molar-refractivity contribution in [2.24, 2.45) is 0 Å². The minimum Gasteiger partial charge on any atom is -0.408 e. The van der Waals surface area contributed by atoms with E-state index in [4.69, 9.17) is 16.0 Å². The first-order valence-electron chi connectivity index (χ1n) is 8.38. The van der Waals surface area contributed by atoms with Crippen LogP contribution in [0, 0.1) is 0 Å². The standard InChI is InChI=1S/C17H22ClN3O3/c1-2-7-19-16(22)11-20-8-3-4-13(10-20)21-14-9-12(18)5-6-15(14)24-17(21)23/h5-6,9,13H,2-4,7-8,10-11H2,1H3,(H,19,22)/t13-/m0/s1. The Morgan fingerprint density at radius 3 is 3.08 bits per heavy atom. The quantitative estimate of drug-likeness (QED) is 0.898. The Kier molecular flexibility index (Phi) is 5.26. The van der Waals surface area contributed by atoms with E-state index in [1.54, 1.807) is 22.8 Å². The van der Waals surface area contributed by atoms with Crippen LogP contribution < -0.4 is 11.1 Å². The van der Waals surface area contributed by atoms with Crippen molar-refractivity contribution >= 4 is 28.6 Å². The van der Waals surface area contributed by atoms with Crippen molar-refractivity contribution in [3.05, 3.63) is 33.8 Å². The molecule has 6 nitrogen and oxygen atoms in total. The number of nitrogens with zero attached hydrogens (tertiary/aromatic N) is 2. The van der Waals surface area contributed by atoms with Crippen LogP contribution >= 0.6 is 11.6 Å². The number of fused-ring (bicyclic) bond motifs is 1. The Hall–Kier alpha value is -1.79. The zero-order valence-corrected chi connectivity index (χ0v) is 14.5. The molecule has 1 aromatic heterocycles. The number of hydrogen-bond acceptors (Lipinski definition) is 4. The summed E-state index contributed by atoms with van der Waals surface area (Å²) < 4.78 is 7.01. The van der Waals surface area contributed by atoms with Crippen LogP contribution in [0.4, 0.5) is 0 Å². The lowest BCUT2D eigenvalue weighted by molar-refractivity contribution is -0.122. The minimum atomic E-state index is -0.366. The van der Waals surface area contributed by atoms with Crippen LogP contribution in [0.15, 0.2) is 27.4 Å². The van der Waals surface area contributed by atoms with Crippen molar-refractivity contribution in [1.29, 1.82) is 0 Å². The highest BCUT2D eigenvalue weighted by Gasteiger charge is 2.26. The van der Waals surface area contributed by atoms with Crippen LogP contribution in [0.5, 0.6) is 0 Å². The van der Waals surface area contributed by atoms with Crippen LogP contribution in [0.25, 0.3) is 11.1 Å². The van der Waals surface area contributed by atoms with Gasteiger partial charge in [-0.2, -0.15) is 0 Å². The highest BCUT2D eigenvalue weighted by molar-refractivity contribution is 6.31. The Labute approximate surface area is 145 Å². The number of carbonyl (C=O) groups is 1. The molecule has 3 rings (SSSR count). The van der Waals surface area contributed by atoms with Gasteiger partial charge in [0.05, 0.1) is 18.1 Å². The van der Waals surface area contributed by atoms with E-state index in [2.05, 4.69) is 10.2 Å². The third-order valence-corrected chi connectivity index (χ3v) is 4.59. The monoisotopic (exact) mass is 351 g/mol. The lowest BCUT2D eigenvalue weighted by atomic mass is 10.1. The van der Waals surface area contributed by atoms with E-state index in [-0.39, 0.29) is 17.7 Å². The summed E-state index contributed by atoms with van der Waals surface area (Å²) >= 11 is 6.06. The summed E-state index contributed by atoms with van der Waals surface area (Å²) in [5, 5.41) is 3.47. The second-order valence-corrected chi connectivity index (χ2v) is 6.67. The number of likely N-dealkylation sites (tertiary alicyclic amines) is 1. The molecule has 1 aliphatic heterocycles. The molecule has 130 valence electrons. The largest absolute Gasteiger partial charge is 0.420 e. The topological polar surface area (TPSA) is 67.5 Å². The van der Waals surface area contributed by atoms with E-state index in [9.17, 15) is 9.59 Å². The van der Waals surface area contributed by atoms with Gasteiger partial charge in [-0.15, -0.1) is 0 Å². The molecule has 0 bridgehead atoms. The predicted octanol–water partition coefficient (Wildman–Crippen LogP) is 2.41. The zero-order chi connectivity index (χ0) is 17.1. The summed E-state index contributed by atoms with van der Waals surface area (Å²) in [5.41, 5.74) is 1.26. The normalized spacial score (nSPS) is 18.8. The molecule has 0 unspecified atom stereocenters. The average Bonchev–Trinajstić information content (AvgIpc) is 2.88. The second-order valence-electron chi connectivity index (χ2n) is 6.23. The molecule has 1 N–H and O–H groups in total.